The molecule has 1 aliphatic heterocycles. The zero-order valence-electron chi connectivity index (χ0n) is 18.9. The van der Waals surface area contributed by atoms with E-state index in [0.29, 0.717) is 17.5 Å². The number of phenols is 3. The number of allylic oxidation sites excluding steroid dienone is 3. The highest BCUT2D eigenvalue weighted by Gasteiger charge is 2.35. The third-order valence-corrected chi connectivity index (χ3v) is 5.77. The maximum atomic E-state index is 13.1. The van der Waals surface area contributed by atoms with Crippen molar-refractivity contribution in [3.05, 3.63) is 64.8 Å². The summed E-state index contributed by atoms with van der Waals surface area (Å²) in [5.41, 5.74) is 3.33. The molecule has 6 heteroatoms. The molecule has 6 nitrogen and oxygen atoms in total. The number of hydrogen-bond donors (Lipinski definition) is 3. The number of aromatic hydroxyl groups is 3. The third kappa shape index (κ3) is 4.74. The number of carbonyl (C=O) groups is 1. The summed E-state index contributed by atoms with van der Waals surface area (Å²) < 4.78 is 11.6. The zero-order chi connectivity index (χ0) is 23.6. The molecule has 0 saturated carbocycles. The van der Waals surface area contributed by atoms with Crippen LogP contribution in [0, 0.1) is 5.92 Å². The van der Waals surface area contributed by atoms with E-state index in [-0.39, 0.29) is 52.4 Å². The zero-order valence-corrected chi connectivity index (χ0v) is 18.9. The van der Waals surface area contributed by atoms with E-state index in [1.165, 1.54) is 36.9 Å². The first kappa shape index (κ1) is 23.3. The van der Waals surface area contributed by atoms with E-state index in [4.69, 9.17) is 9.47 Å². The minimum atomic E-state index is -0.762. The largest absolute Gasteiger partial charge is 0.508 e. The number of phenolic OH excluding ortho intramolecular Hbond substituents is 3. The van der Waals surface area contributed by atoms with Crippen molar-refractivity contribution in [2.75, 3.05) is 7.11 Å². The highest BCUT2D eigenvalue weighted by atomic mass is 16.5. The molecular weight excluding hydrogens is 408 g/mol. The number of methoxy groups -OCH3 is 1. The minimum absolute atomic E-state index is 0.00636. The van der Waals surface area contributed by atoms with Crippen molar-refractivity contribution in [3.63, 3.8) is 0 Å². The summed E-state index contributed by atoms with van der Waals surface area (Å²) in [7, 11) is 1.44. The first-order valence-electron chi connectivity index (χ1n) is 10.6. The highest BCUT2D eigenvalue weighted by molar-refractivity contribution is 6.03. The Hall–Kier alpha value is -3.41. The number of rotatable bonds is 7. The number of ketones is 1. The fraction of sp³-hybridized carbons (Fsp3) is 0.346. The fourth-order valence-electron chi connectivity index (χ4n) is 3.93. The Morgan fingerprint density at radius 2 is 1.94 bits per heavy atom. The van der Waals surface area contributed by atoms with E-state index >= 15 is 0 Å². The van der Waals surface area contributed by atoms with Gasteiger partial charge in [0.25, 0.3) is 0 Å². The second kappa shape index (κ2) is 9.39. The molecule has 0 aromatic heterocycles. The number of carbonyl (C=O) groups excluding carboxylic acids is 1. The number of benzene rings is 2. The van der Waals surface area contributed by atoms with Crippen molar-refractivity contribution < 1.29 is 29.6 Å². The van der Waals surface area contributed by atoms with Gasteiger partial charge in [0.05, 0.1) is 13.5 Å². The van der Waals surface area contributed by atoms with Crippen LogP contribution >= 0.6 is 0 Å². The summed E-state index contributed by atoms with van der Waals surface area (Å²) in [5, 5.41) is 30.7. The second-order valence-electron chi connectivity index (χ2n) is 8.52. The third-order valence-electron chi connectivity index (χ3n) is 5.77. The molecule has 0 radical (unpaired) electrons. The van der Waals surface area contributed by atoms with Gasteiger partial charge in [-0.15, -0.1) is 0 Å². The molecule has 3 rings (SSSR count). The summed E-state index contributed by atoms with van der Waals surface area (Å²) >= 11 is 0. The van der Waals surface area contributed by atoms with E-state index in [9.17, 15) is 20.1 Å². The molecular formula is C26H30O6. The first-order valence-corrected chi connectivity index (χ1v) is 10.6. The maximum Gasteiger partial charge on any atom is 0.174 e. The molecule has 0 spiro atoms. The molecule has 2 aromatic rings. The van der Waals surface area contributed by atoms with Crippen molar-refractivity contribution in [1.29, 1.82) is 0 Å². The molecule has 1 aliphatic rings. The van der Waals surface area contributed by atoms with E-state index in [2.05, 4.69) is 12.7 Å². The van der Waals surface area contributed by atoms with E-state index in [1.807, 2.05) is 20.8 Å². The van der Waals surface area contributed by atoms with Gasteiger partial charge in [-0.1, -0.05) is 23.8 Å². The van der Waals surface area contributed by atoms with Crippen LogP contribution < -0.4 is 9.47 Å². The van der Waals surface area contributed by atoms with Crippen molar-refractivity contribution in [1.82, 2.24) is 0 Å². The number of ether oxygens (including phenoxy) is 2. The van der Waals surface area contributed by atoms with Crippen molar-refractivity contribution >= 4 is 5.78 Å². The van der Waals surface area contributed by atoms with E-state index in [0.717, 1.165) is 12.0 Å². The van der Waals surface area contributed by atoms with Crippen LogP contribution in [0.25, 0.3) is 0 Å². The van der Waals surface area contributed by atoms with Gasteiger partial charge in [-0.2, -0.15) is 0 Å². The lowest BCUT2D eigenvalue weighted by Crippen LogP contribution is -2.23. The van der Waals surface area contributed by atoms with Crippen LogP contribution in [0.1, 0.15) is 61.2 Å². The summed E-state index contributed by atoms with van der Waals surface area (Å²) in [6.07, 6.45) is 2.53. The number of Topliss-reactive ketones (excluding diaryl/α,β-unsaturated/α-hetero) is 1. The predicted molar refractivity (Wildman–Crippen MR) is 123 cm³/mol. The fourth-order valence-corrected chi connectivity index (χ4v) is 3.93. The average Bonchev–Trinajstić information content (AvgIpc) is 2.71. The van der Waals surface area contributed by atoms with Crippen molar-refractivity contribution in [3.8, 4) is 28.7 Å². The molecule has 2 atom stereocenters. The van der Waals surface area contributed by atoms with Crippen LogP contribution in [0.2, 0.25) is 0 Å². The lowest BCUT2D eigenvalue weighted by atomic mass is 9.86. The standard InChI is InChI=1S/C26H30O6/c1-14(2)6-7-16(15(3)4)10-19-21(29)12-24(31-5)25-22(30)13-23(32-26(19)25)18-9-8-17(27)11-20(18)28/h6,8-9,11-12,16,23,27-29H,3,7,10,13H2,1-2,4-5H3/t16?,23-/m0/s1. The van der Waals surface area contributed by atoms with Gasteiger partial charge in [0, 0.05) is 23.3 Å². The summed E-state index contributed by atoms with van der Waals surface area (Å²) in [6, 6.07) is 5.61. The van der Waals surface area contributed by atoms with Crippen LogP contribution in [0.3, 0.4) is 0 Å². The molecule has 170 valence electrons. The van der Waals surface area contributed by atoms with Crippen LogP contribution in [-0.2, 0) is 6.42 Å². The first-order chi connectivity index (χ1) is 15.1. The smallest absolute Gasteiger partial charge is 0.174 e. The van der Waals surface area contributed by atoms with E-state index < -0.39 is 6.10 Å². The number of hydrogen-bond acceptors (Lipinski definition) is 6. The molecule has 0 fully saturated rings. The quantitative estimate of drug-likeness (QED) is 0.486. The minimum Gasteiger partial charge on any atom is -0.508 e. The molecule has 0 amide bonds. The number of fused-ring (bicyclic) bond motifs is 1. The average molecular weight is 439 g/mol. The van der Waals surface area contributed by atoms with Gasteiger partial charge in [0.15, 0.2) is 5.78 Å². The lowest BCUT2D eigenvalue weighted by molar-refractivity contribution is 0.0838. The lowest BCUT2D eigenvalue weighted by Gasteiger charge is -2.30. The Kier molecular flexibility index (Phi) is 6.82. The van der Waals surface area contributed by atoms with Gasteiger partial charge in [0.2, 0.25) is 0 Å². The molecule has 3 N–H and O–H groups in total. The van der Waals surface area contributed by atoms with Gasteiger partial charge in [0.1, 0.15) is 40.4 Å². The predicted octanol–water partition coefficient (Wildman–Crippen LogP) is 5.61. The van der Waals surface area contributed by atoms with Gasteiger partial charge >= 0.3 is 0 Å². The Morgan fingerprint density at radius 3 is 2.53 bits per heavy atom. The molecule has 1 heterocycles. The second-order valence-corrected chi connectivity index (χ2v) is 8.52. The summed E-state index contributed by atoms with van der Waals surface area (Å²) in [4.78, 5) is 13.1. The van der Waals surface area contributed by atoms with Gasteiger partial charge < -0.3 is 24.8 Å². The molecule has 0 aliphatic carbocycles. The van der Waals surface area contributed by atoms with Gasteiger partial charge in [-0.25, -0.2) is 0 Å². The molecule has 0 saturated heterocycles. The molecule has 0 bridgehead atoms. The normalized spacial score (nSPS) is 16.0. The highest BCUT2D eigenvalue weighted by Crippen LogP contribution is 2.48. The maximum absolute atomic E-state index is 13.1. The van der Waals surface area contributed by atoms with Gasteiger partial charge in [-0.05, 0) is 51.7 Å². The van der Waals surface area contributed by atoms with Crippen molar-refractivity contribution in [2.24, 2.45) is 5.92 Å². The van der Waals surface area contributed by atoms with Crippen molar-refractivity contribution in [2.45, 2.75) is 46.1 Å². The Labute approximate surface area is 188 Å². The molecule has 1 unspecified atom stereocenters. The summed E-state index contributed by atoms with van der Waals surface area (Å²) in [6.45, 7) is 10.1. The van der Waals surface area contributed by atoms with Crippen LogP contribution in [0.5, 0.6) is 28.7 Å². The van der Waals surface area contributed by atoms with Crippen LogP contribution in [-0.4, -0.2) is 28.2 Å². The summed E-state index contributed by atoms with van der Waals surface area (Å²) in [5.74, 6) is 0.0651. The van der Waals surface area contributed by atoms with Crippen LogP contribution in [0.15, 0.2) is 48.1 Å². The SMILES string of the molecule is C=C(C)C(CC=C(C)C)Cc1c(O)cc(OC)c2c1O[C@H](c1ccc(O)cc1O)CC2=O. The Bertz CT molecular complexity index is 1080. The van der Waals surface area contributed by atoms with Crippen LogP contribution in [0.4, 0.5) is 0 Å². The Balaban J connectivity index is 2.09. The van der Waals surface area contributed by atoms with E-state index in [1.54, 1.807) is 0 Å². The molecule has 32 heavy (non-hydrogen) atoms. The van der Waals surface area contributed by atoms with Gasteiger partial charge in [-0.3, -0.25) is 4.79 Å². The monoisotopic (exact) mass is 438 g/mol. The topological polar surface area (TPSA) is 96.2 Å². The molecule has 2 aromatic carbocycles. The Morgan fingerprint density at radius 1 is 1.22 bits per heavy atom.